The van der Waals surface area contributed by atoms with E-state index in [-0.39, 0.29) is 12.1 Å². The third kappa shape index (κ3) is 6.51. The summed E-state index contributed by atoms with van der Waals surface area (Å²) < 4.78 is 8.12. The average Bonchev–Trinajstić information content (AvgIpc) is 3.02. The highest BCUT2D eigenvalue weighted by molar-refractivity contribution is 7.73. The van der Waals surface area contributed by atoms with Gasteiger partial charge in [0.1, 0.15) is 5.60 Å². The van der Waals surface area contributed by atoms with Crippen LogP contribution < -0.4 is 5.32 Å². The molecule has 0 bridgehead atoms. The predicted octanol–water partition coefficient (Wildman–Crippen LogP) is 5.32. The highest BCUT2D eigenvalue weighted by atomic mass is 32.1. The smallest absolute Gasteiger partial charge is 0.410 e. The van der Waals surface area contributed by atoms with Crippen molar-refractivity contribution < 1.29 is 9.53 Å². The van der Waals surface area contributed by atoms with Crippen molar-refractivity contribution in [2.75, 3.05) is 25.5 Å². The van der Waals surface area contributed by atoms with Gasteiger partial charge in [0.05, 0.1) is 6.67 Å². The minimum Gasteiger partial charge on any atom is -0.444 e. The van der Waals surface area contributed by atoms with Crippen molar-refractivity contribution in [1.82, 2.24) is 19.6 Å². The van der Waals surface area contributed by atoms with Gasteiger partial charge < -0.3 is 15.0 Å². The largest absolute Gasteiger partial charge is 0.444 e. The molecule has 7 nitrogen and oxygen atoms in total. The Morgan fingerprint density at radius 2 is 1.97 bits per heavy atom. The lowest BCUT2D eigenvalue weighted by Crippen LogP contribution is -2.47. The van der Waals surface area contributed by atoms with Crippen LogP contribution in [-0.4, -0.2) is 57.5 Å². The molecule has 1 saturated heterocycles. The van der Waals surface area contributed by atoms with E-state index < -0.39 is 5.60 Å². The van der Waals surface area contributed by atoms with Gasteiger partial charge in [-0.15, -0.1) is 5.10 Å². The molecule has 1 fully saturated rings. The fourth-order valence-electron chi connectivity index (χ4n) is 3.51. The molecule has 170 valence electrons. The molecule has 1 aromatic carbocycles. The highest BCUT2D eigenvalue weighted by Gasteiger charge is 2.28. The summed E-state index contributed by atoms with van der Waals surface area (Å²) in [6.45, 7) is 12.3. The third-order valence-electron chi connectivity index (χ3n) is 5.48. The molecule has 31 heavy (non-hydrogen) atoms. The highest BCUT2D eigenvalue weighted by Crippen LogP contribution is 2.24. The molecule has 2 aromatic rings. The van der Waals surface area contributed by atoms with Gasteiger partial charge in [0.2, 0.25) is 5.13 Å². The molecule has 0 atom stereocenters. The van der Waals surface area contributed by atoms with Crippen molar-refractivity contribution in [3.05, 3.63) is 33.3 Å². The fourth-order valence-corrected chi connectivity index (χ4v) is 4.52. The van der Waals surface area contributed by atoms with E-state index in [1.807, 2.05) is 32.5 Å². The first kappa shape index (κ1) is 23.7. The zero-order valence-electron chi connectivity index (χ0n) is 19.3. The van der Waals surface area contributed by atoms with Crippen LogP contribution in [0.4, 0.5) is 15.6 Å². The Hall–Kier alpha value is -1.97. The summed E-state index contributed by atoms with van der Waals surface area (Å²) in [5.41, 5.74) is 3.05. The molecule has 2 heterocycles. The van der Waals surface area contributed by atoms with Gasteiger partial charge in [-0.05, 0) is 82.9 Å². The van der Waals surface area contributed by atoms with Crippen LogP contribution in [0.15, 0.2) is 18.2 Å². The molecule has 0 unspecified atom stereocenters. The van der Waals surface area contributed by atoms with Crippen molar-refractivity contribution in [1.29, 1.82) is 0 Å². The summed E-state index contributed by atoms with van der Waals surface area (Å²) in [4.78, 5) is 16.4. The second kappa shape index (κ2) is 9.67. The Morgan fingerprint density at radius 1 is 1.29 bits per heavy atom. The quantitative estimate of drug-likeness (QED) is 0.605. The number of hydrogen-bond acceptors (Lipinski definition) is 7. The minimum absolute atomic E-state index is 0.191. The zero-order valence-corrected chi connectivity index (χ0v) is 20.9. The number of hydrogen-bond donors (Lipinski definition) is 1. The Balaban J connectivity index is 1.54. The molecule has 0 radical (unpaired) electrons. The maximum absolute atomic E-state index is 12.3. The number of likely N-dealkylation sites (tertiary alicyclic amines) is 1. The van der Waals surface area contributed by atoms with Crippen molar-refractivity contribution >= 4 is 40.5 Å². The number of ether oxygens (including phenoxy) is 1. The van der Waals surface area contributed by atoms with Gasteiger partial charge in [-0.25, -0.2) is 9.48 Å². The molecular weight excluding hydrogens is 430 g/mol. The van der Waals surface area contributed by atoms with E-state index >= 15 is 0 Å². The third-order valence-corrected chi connectivity index (χ3v) is 6.71. The number of nitrogens with one attached hydrogen (secondary N) is 1. The molecule has 9 heteroatoms. The molecule has 1 aliphatic rings. The first-order valence-corrected chi connectivity index (χ1v) is 11.8. The number of piperidine rings is 1. The van der Waals surface area contributed by atoms with Crippen LogP contribution in [0.1, 0.15) is 44.7 Å². The summed E-state index contributed by atoms with van der Waals surface area (Å²) >= 11 is 7.02. The summed E-state index contributed by atoms with van der Waals surface area (Å²) in [7, 11) is 1.83. The van der Waals surface area contributed by atoms with Crippen LogP contribution in [0.3, 0.4) is 0 Å². The van der Waals surface area contributed by atoms with Crippen LogP contribution in [0, 0.1) is 17.8 Å². The molecule has 1 amide bonds. The number of carbonyl (C=O) groups excluding carboxylic acids is 1. The molecule has 3 rings (SSSR count). The molecule has 1 aliphatic heterocycles. The molecule has 1 N–H and O–H groups in total. The number of aryl methyl sites for hydroxylation is 2. The monoisotopic (exact) mass is 463 g/mol. The van der Waals surface area contributed by atoms with Gasteiger partial charge in [0.25, 0.3) is 0 Å². The predicted molar refractivity (Wildman–Crippen MR) is 129 cm³/mol. The Kier molecular flexibility index (Phi) is 7.39. The molecular formula is C22H33N5O2S2. The summed E-state index contributed by atoms with van der Waals surface area (Å²) in [6.07, 6.45) is 1.55. The van der Waals surface area contributed by atoms with Crippen LogP contribution in [-0.2, 0) is 11.4 Å². The van der Waals surface area contributed by atoms with Crippen LogP contribution in [0.5, 0.6) is 0 Å². The van der Waals surface area contributed by atoms with E-state index in [0.717, 1.165) is 40.7 Å². The summed E-state index contributed by atoms with van der Waals surface area (Å²) in [6, 6.07) is 6.47. The van der Waals surface area contributed by atoms with Gasteiger partial charge in [-0.2, -0.15) is 0 Å². The van der Waals surface area contributed by atoms with Crippen molar-refractivity contribution in [3.63, 3.8) is 0 Å². The standard InChI is InChI=1S/C22H33N5O2S2/c1-15-7-8-17(13-16(15)2)23-19-24-27(21(30)31-19)14-26-11-9-18(10-12-26)25(6)20(28)29-22(3,4)5/h7-8,13,18H,9-12,14H2,1-6H3,(H,23,24). The van der Waals surface area contributed by atoms with E-state index in [1.165, 1.54) is 22.5 Å². The second-order valence-electron chi connectivity index (χ2n) is 9.18. The van der Waals surface area contributed by atoms with E-state index in [0.29, 0.717) is 6.67 Å². The van der Waals surface area contributed by atoms with Crippen LogP contribution in [0.25, 0.3) is 0 Å². The number of rotatable bonds is 5. The summed E-state index contributed by atoms with van der Waals surface area (Å²) in [5, 5.41) is 8.83. The van der Waals surface area contributed by atoms with Crippen molar-refractivity contribution in [3.8, 4) is 0 Å². The lowest BCUT2D eigenvalue weighted by Gasteiger charge is -2.37. The van der Waals surface area contributed by atoms with Crippen LogP contribution in [0.2, 0.25) is 0 Å². The number of anilines is 2. The number of benzene rings is 1. The summed E-state index contributed by atoms with van der Waals surface area (Å²) in [5.74, 6) is 0. The minimum atomic E-state index is -0.476. The fraction of sp³-hybridized carbons (Fsp3) is 0.591. The first-order valence-electron chi connectivity index (χ1n) is 10.6. The Bertz CT molecular complexity index is 971. The number of carbonyl (C=O) groups is 1. The maximum atomic E-state index is 12.3. The van der Waals surface area contributed by atoms with Crippen LogP contribution >= 0.6 is 23.6 Å². The maximum Gasteiger partial charge on any atom is 0.410 e. The molecule has 0 saturated carbocycles. The van der Waals surface area contributed by atoms with Gasteiger partial charge in [-0.1, -0.05) is 17.4 Å². The van der Waals surface area contributed by atoms with E-state index in [9.17, 15) is 4.79 Å². The lowest BCUT2D eigenvalue weighted by atomic mass is 10.0. The van der Waals surface area contributed by atoms with Gasteiger partial charge in [0.15, 0.2) is 3.95 Å². The SMILES string of the molecule is Cc1ccc(Nc2nn(CN3CCC(N(C)C(=O)OC(C)(C)C)CC3)c(=S)s2)cc1C. The number of aromatic nitrogens is 2. The first-order chi connectivity index (χ1) is 14.5. The van der Waals surface area contributed by atoms with E-state index in [2.05, 4.69) is 47.4 Å². The second-order valence-corrected chi connectivity index (χ2v) is 10.8. The average molecular weight is 464 g/mol. The van der Waals surface area contributed by atoms with Gasteiger partial charge in [-0.3, -0.25) is 4.90 Å². The van der Waals surface area contributed by atoms with E-state index in [4.69, 9.17) is 17.0 Å². The number of amides is 1. The topological polar surface area (TPSA) is 62.6 Å². The molecule has 1 aromatic heterocycles. The van der Waals surface area contributed by atoms with Crippen molar-refractivity contribution in [2.45, 2.75) is 65.8 Å². The zero-order chi connectivity index (χ0) is 22.8. The van der Waals surface area contributed by atoms with E-state index in [1.54, 1.807) is 4.90 Å². The molecule has 0 spiro atoms. The Morgan fingerprint density at radius 3 is 2.58 bits per heavy atom. The Labute approximate surface area is 194 Å². The number of nitrogens with zero attached hydrogens (tertiary/aromatic N) is 4. The normalized spacial score (nSPS) is 15.7. The van der Waals surface area contributed by atoms with Crippen molar-refractivity contribution in [2.24, 2.45) is 0 Å². The van der Waals surface area contributed by atoms with Gasteiger partial charge in [0, 0.05) is 31.9 Å². The lowest BCUT2D eigenvalue weighted by molar-refractivity contribution is 0.0135. The van der Waals surface area contributed by atoms with Gasteiger partial charge >= 0.3 is 6.09 Å². The molecule has 0 aliphatic carbocycles.